The molecule has 2 heterocycles. The minimum Gasteiger partial charge on any atom is -0.329 e. The van der Waals surface area contributed by atoms with Gasteiger partial charge in [-0.1, -0.05) is 30.3 Å². The Morgan fingerprint density at radius 3 is 2.56 bits per heavy atom. The maximum atomic E-state index is 12.2. The number of piperazine rings is 1. The maximum absolute atomic E-state index is 12.2. The molecule has 1 aromatic heterocycles. The number of anilines is 1. The Labute approximate surface area is 150 Å². The summed E-state index contributed by atoms with van der Waals surface area (Å²) in [5, 5.41) is 7.62. The second-order valence-electron chi connectivity index (χ2n) is 5.79. The Morgan fingerprint density at radius 2 is 1.88 bits per heavy atom. The highest BCUT2D eigenvalue weighted by Crippen LogP contribution is 2.10. The molecular formula is C17H21N5O2S. The molecule has 0 unspecified atom stereocenters. The predicted octanol–water partition coefficient (Wildman–Crippen LogP) is 1.61. The van der Waals surface area contributed by atoms with Gasteiger partial charge in [-0.15, -0.1) is 11.3 Å². The maximum Gasteiger partial charge on any atom is 0.317 e. The molecule has 1 aliphatic rings. The molecule has 0 atom stereocenters. The van der Waals surface area contributed by atoms with Crippen LogP contribution in [0.15, 0.2) is 41.9 Å². The molecule has 1 aliphatic heterocycles. The Kier molecular flexibility index (Phi) is 5.97. The number of amides is 3. The normalized spacial score (nSPS) is 15.0. The molecular weight excluding hydrogens is 338 g/mol. The number of benzene rings is 1. The minimum atomic E-state index is -0.272. The molecule has 0 bridgehead atoms. The number of carbonyl (C=O) groups is 2. The number of carbonyl (C=O) groups excluding carboxylic acids is 2. The van der Waals surface area contributed by atoms with E-state index in [2.05, 4.69) is 32.7 Å². The molecule has 132 valence electrons. The number of aromatic nitrogens is 1. The van der Waals surface area contributed by atoms with E-state index in [0.717, 1.165) is 19.6 Å². The highest BCUT2D eigenvalue weighted by atomic mass is 32.1. The lowest BCUT2D eigenvalue weighted by molar-refractivity contribution is -0.115. The van der Waals surface area contributed by atoms with Crippen molar-refractivity contribution >= 4 is 28.4 Å². The summed E-state index contributed by atoms with van der Waals surface area (Å²) in [5.41, 5.74) is 1.28. The Bertz CT molecular complexity index is 684. The molecule has 2 aromatic rings. The molecule has 0 spiro atoms. The van der Waals surface area contributed by atoms with E-state index >= 15 is 0 Å². The SMILES string of the molecule is O=C(CNC(=O)N1CCN(Cc2ccccc2)CC1)Nc1nccs1. The number of urea groups is 1. The van der Waals surface area contributed by atoms with E-state index in [9.17, 15) is 9.59 Å². The van der Waals surface area contributed by atoms with E-state index in [0.29, 0.717) is 18.2 Å². The van der Waals surface area contributed by atoms with Crippen LogP contribution in [0.1, 0.15) is 5.56 Å². The molecule has 8 heteroatoms. The van der Waals surface area contributed by atoms with Gasteiger partial charge in [0, 0.05) is 44.3 Å². The Hall–Kier alpha value is -2.45. The highest BCUT2D eigenvalue weighted by molar-refractivity contribution is 7.13. The van der Waals surface area contributed by atoms with Gasteiger partial charge in [0.15, 0.2) is 5.13 Å². The van der Waals surface area contributed by atoms with Crippen molar-refractivity contribution in [1.29, 1.82) is 0 Å². The van der Waals surface area contributed by atoms with E-state index < -0.39 is 0 Å². The summed E-state index contributed by atoms with van der Waals surface area (Å²) in [4.78, 5) is 32.0. The quantitative estimate of drug-likeness (QED) is 0.850. The van der Waals surface area contributed by atoms with E-state index in [-0.39, 0.29) is 18.5 Å². The zero-order valence-corrected chi connectivity index (χ0v) is 14.7. The van der Waals surface area contributed by atoms with E-state index in [1.165, 1.54) is 16.9 Å². The Balaban J connectivity index is 1.37. The number of nitrogens with zero attached hydrogens (tertiary/aromatic N) is 3. The summed E-state index contributed by atoms with van der Waals surface area (Å²) in [7, 11) is 0. The van der Waals surface area contributed by atoms with Crippen LogP contribution in [-0.2, 0) is 11.3 Å². The average molecular weight is 359 g/mol. The Morgan fingerprint density at radius 1 is 1.12 bits per heavy atom. The molecule has 0 saturated carbocycles. The second kappa shape index (κ2) is 8.59. The number of hydrogen-bond acceptors (Lipinski definition) is 5. The van der Waals surface area contributed by atoms with Crippen LogP contribution in [0.2, 0.25) is 0 Å². The van der Waals surface area contributed by atoms with Gasteiger partial charge in [-0.05, 0) is 5.56 Å². The van der Waals surface area contributed by atoms with Gasteiger partial charge in [0.25, 0.3) is 0 Å². The van der Waals surface area contributed by atoms with Gasteiger partial charge in [0.1, 0.15) is 0 Å². The van der Waals surface area contributed by atoms with Gasteiger partial charge >= 0.3 is 6.03 Å². The predicted molar refractivity (Wildman–Crippen MR) is 97.4 cm³/mol. The van der Waals surface area contributed by atoms with Gasteiger partial charge in [-0.2, -0.15) is 0 Å². The van der Waals surface area contributed by atoms with Crippen LogP contribution in [0.5, 0.6) is 0 Å². The lowest BCUT2D eigenvalue weighted by Gasteiger charge is -2.34. The smallest absolute Gasteiger partial charge is 0.317 e. The van der Waals surface area contributed by atoms with Crippen LogP contribution in [0.25, 0.3) is 0 Å². The van der Waals surface area contributed by atoms with Gasteiger partial charge in [-0.3, -0.25) is 9.69 Å². The summed E-state index contributed by atoms with van der Waals surface area (Å²) in [5.74, 6) is -0.272. The lowest BCUT2D eigenvalue weighted by atomic mass is 10.2. The van der Waals surface area contributed by atoms with Crippen molar-refractivity contribution < 1.29 is 9.59 Å². The van der Waals surface area contributed by atoms with Gasteiger partial charge < -0.3 is 15.5 Å². The fourth-order valence-corrected chi connectivity index (χ4v) is 3.21. The molecule has 7 nitrogen and oxygen atoms in total. The zero-order valence-electron chi connectivity index (χ0n) is 13.9. The second-order valence-corrected chi connectivity index (χ2v) is 6.69. The van der Waals surface area contributed by atoms with E-state index in [1.807, 2.05) is 18.2 Å². The summed E-state index contributed by atoms with van der Waals surface area (Å²) in [6.07, 6.45) is 1.62. The molecule has 0 radical (unpaired) electrons. The number of rotatable bonds is 5. The number of nitrogens with one attached hydrogen (secondary N) is 2. The first-order valence-corrected chi connectivity index (χ1v) is 9.07. The first kappa shape index (κ1) is 17.4. The van der Waals surface area contributed by atoms with Crippen LogP contribution in [-0.4, -0.2) is 59.4 Å². The fraction of sp³-hybridized carbons (Fsp3) is 0.353. The fourth-order valence-electron chi connectivity index (χ4n) is 2.67. The van der Waals surface area contributed by atoms with Crippen molar-refractivity contribution in [2.75, 3.05) is 38.0 Å². The molecule has 25 heavy (non-hydrogen) atoms. The van der Waals surface area contributed by atoms with E-state index in [4.69, 9.17) is 0 Å². The number of thiazole rings is 1. The monoisotopic (exact) mass is 359 g/mol. The van der Waals surface area contributed by atoms with Crippen LogP contribution >= 0.6 is 11.3 Å². The minimum absolute atomic E-state index is 0.0529. The van der Waals surface area contributed by atoms with Crippen LogP contribution in [0, 0.1) is 0 Å². The highest BCUT2D eigenvalue weighted by Gasteiger charge is 2.21. The molecule has 1 aromatic carbocycles. The van der Waals surface area contributed by atoms with Crippen LogP contribution in [0.3, 0.4) is 0 Å². The first-order valence-electron chi connectivity index (χ1n) is 8.19. The summed E-state index contributed by atoms with van der Waals surface area (Å²) >= 11 is 1.34. The third-order valence-corrected chi connectivity index (χ3v) is 4.68. The van der Waals surface area contributed by atoms with Crippen molar-refractivity contribution in [2.24, 2.45) is 0 Å². The molecule has 2 N–H and O–H groups in total. The number of hydrogen-bond donors (Lipinski definition) is 2. The van der Waals surface area contributed by atoms with Crippen molar-refractivity contribution in [2.45, 2.75) is 6.54 Å². The standard InChI is InChI=1S/C17H21N5O2S/c23-15(20-16-18-6-11-25-16)12-19-17(24)22-9-7-21(8-10-22)13-14-4-2-1-3-5-14/h1-6,11H,7-10,12-13H2,(H,19,24)(H,18,20,23). The average Bonchev–Trinajstić information content (AvgIpc) is 3.14. The summed E-state index contributed by atoms with van der Waals surface area (Å²) < 4.78 is 0. The van der Waals surface area contributed by atoms with Gasteiger partial charge in [-0.25, -0.2) is 9.78 Å². The third kappa shape index (κ3) is 5.27. The molecule has 3 rings (SSSR count). The molecule has 3 amide bonds. The molecule has 1 fully saturated rings. The third-order valence-electron chi connectivity index (χ3n) is 3.99. The van der Waals surface area contributed by atoms with Crippen molar-refractivity contribution in [1.82, 2.24) is 20.1 Å². The zero-order chi connectivity index (χ0) is 17.5. The van der Waals surface area contributed by atoms with Crippen molar-refractivity contribution in [3.8, 4) is 0 Å². The first-order chi connectivity index (χ1) is 12.2. The van der Waals surface area contributed by atoms with E-state index in [1.54, 1.807) is 16.5 Å². The summed E-state index contributed by atoms with van der Waals surface area (Å²) in [6.45, 7) is 3.82. The van der Waals surface area contributed by atoms with Crippen LogP contribution < -0.4 is 10.6 Å². The summed E-state index contributed by atoms with van der Waals surface area (Å²) in [6, 6.07) is 10.1. The topological polar surface area (TPSA) is 77.6 Å². The molecule has 1 saturated heterocycles. The van der Waals surface area contributed by atoms with Crippen molar-refractivity contribution in [3.05, 3.63) is 47.5 Å². The van der Waals surface area contributed by atoms with Crippen LogP contribution in [0.4, 0.5) is 9.93 Å². The van der Waals surface area contributed by atoms with Crippen molar-refractivity contribution in [3.63, 3.8) is 0 Å². The van der Waals surface area contributed by atoms with Gasteiger partial charge in [0.05, 0.1) is 6.54 Å². The lowest BCUT2D eigenvalue weighted by Crippen LogP contribution is -2.52. The van der Waals surface area contributed by atoms with Gasteiger partial charge in [0.2, 0.25) is 5.91 Å². The molecule has 0 aliphatic carbocycles. The largest absolute Gasteiger partial charge is 0.329 e.